The Morgan fingerprint density at radius 3 is 2.62 bits per heavy atom. The van der Waals surface area contributed by atoms with E-state index >= 15 is 0 Å². The first kappa shape index (κ1) is 22.2. The van der Waals surface area contributed by atoms with Crippen LogP contribution < -0.4 is 5.32 Å². The Bertz CT molecular complexity index is 1160. The van der Waals surface area contributed by atoms with Crippen molar-refractivity contribution < 1.29 is 23.1 Å². The van der Waals surface area contributed by atoms with Crippen LogP contribution in [0.15, 0.2) is 41.5 Å². The second kappa shape index (κ2) is 7.55. The number of hydrazone groups is 1. The number of fused-ring (bicyclic) bond motifs is 2. The molecule has 2 aromatic rings. The standard InChI is InChI=1S/C23H22ClF2N3O3/c1-5-32-20(30)19-18(12-7-6-8-13(25)9-12)23(29(28-19)22(2,3)4)14-10-16(26)15(24)11-17(14)27-21(23)31/h6-11,18H,5H2,1-4H3,(H,27,31). The largest absolute Gasteiger partial charge is 0.461 e. The molecule has 168 valence electrons. The minimum Gasteiger partial charge on any atom is -0.461 e. The first-order valence-corrected chi connectivity index (χ1v) is 10.5. The molecule has 6 nitrogen and oxygen atoms in total. The van der Waals surface area contributed by atoms with E-state index in [4.69, 9.17) is 16.3 Å². The summed E-state index contributed by atoms with van der Waals surface area (Å²) in [5.74, 6) is -3.59. The van der Waals surface area contributed by atoms with E-state index in [2.05, 4.69) is 10.4 Å². The minimum atomic E-state index is -1.66. The number of hydrogen-bond donors (Lipinski definition) is 1. The van der Waals surface area contributed by atoms with E-state index in [0.717, 1.165) is 0 Å². The van der Waals surface area contributed by atoms with Gasteiger partial charge in [0.05, 0.1) is 23.1 Å². The molecule has 0 saturated heterocycles. The third-order valence-electron chi connectivity index (χ3n) is 5.60. The number of esters is 1. The summed E-state index contributed by atoms with van der Waals surface area (Å²) >= 11 is 5.96. The Morgan fingerprint density at radius 2 is 2.00 bits per heavy atom. The lowest BCUT2D eigenvalue weighted by molar-refractivity contribution is -0.135. The number of hydrogen-bond acceptors (Lipinski definition) is 5. The Labute approximate surface area is 189 Å². The molecule has 0 radical (unpaired) electrons. The zero-order chi connectivity index (χ0) is 23.4. The molecule has 1 N–H and O–H groups in total. The maximum absolute atomic E-state index is 14.7. The normalized spacial score (nSPS) is 22.1. The fourth-order valence-corrected chi connectivity index (χ4v) is 4.66. The highest BCUT2D eigenvalue weighted by Gasteiger charge is 2.65. The van der Waals surface area contributed by atoms with Gasteiger partial charge >= 0.3 is 5.97 Å². The first-order valence-electron chi connectivity index (χ1n) is 10.1. The topological polar surface area (TPSA) is 71.0 Å². The minimum absolute atomic E-state index is 0.0641. The van der Waals surface area contributed by atoms with Crippen molar-refractivity contribution in [3.05, 3.63) is 64.2 Å². The number of rotatable bonds is 3. The van der Waals surface area contributed by atoms with Gasteiger partial charge < -0.3 is 10.1 Å². The molecule has 2 unspecified atom stereocenters. The molecule has 2 atom stereocenters. The van der Waals surface area contributed by atoms with Crippen molar-refractivity contribution >= 4 is 34.9 Å². The smallest absolute Gasteiger partial charge is 0.355 e. The van der Waals surface area contributed by atoms with Gasteiger partial charge in [-0.15, -0.1) is 0 Å². The molecule has 9 heteroatoms. The van der Waals surface area contributed by atoms with Crippen molar-refractivity contribution in [1.29, 1.82) is 0 Å². The third kappa shape index (κ3) is 3.16. The quantitative estimate of drug-likeness (QED) is 0.679. The lowest BCUT2D eigenvalue weighted by Gasteiger charge is -2.44. The number of nitrogens with zero attached hydrogens (tertiary/aromatic N) is 2. The van der Waals surface area contributed by atoms with Crippen molar-refractivity contribution in [2.75, 3.05) is 11.9 Å². The molecule has 2 aliphatic rings. The van der Waals surface area contributed by atoms with Crippen LogP contribution in [0, 0.1) is 11.6 Å². The summed E-state index contributed by atoms with van der Waals surface area (Å²) in [6.07, 6.45) is 0. The molecular formula is C23H22ClF2N3O3. The van der Waals surface area contributed by atoms with Crippen molar-refractivity contribution in [2.45, 2.75) is 44.7 Å². The highest BCUT2D eigenvalue weighted by Crippen LogP contribution is 2.56. The molecule has 2 aliphatic heterocycles. The zero-order valence-electron chi connectivity index (χ0n) is 18.0. The summed E-state index contributed by atoms with van der Waals surface area (Å²) in [6.45, 7) is 7.17. The van der Waals surface area contributed by atoms with Crippen LogP contribution in [-0.4, -0.2) is 34.7 Å². The predicted octanol–water partition coefficient (Wildman–Crippen LogP) is 4.58. The summed E-state index contributed by atoms with van der Waals surface area (Å²) in [4.78, 5) is 26.7. The van der Waals surface area contributed by atoms with E-state index in [1.165, 1.54) is 35.3 Å². The van der Waals surface area contributed by atoms with Crippen LogP contribution >= 0.6 is 11.6 Å². The van der Waals surface area contributed by atoms with E-state index in [-0.39, 0.29) is 22.9 Å². The van der Waals surface area contributed by atoms with Crippen LogP contribution in [-0.2, 0) is 19.9 Å². The van der Waals surface area contributed by atoms with Gasteiger partial charge in [0.25, 0.3) is 5.91 Å². The number of carbonyl (C=O) groups is 2. The molecule has 0 fully saturated rings. The average Bonchev–Trinajstić information content (AvgIpc) is 3.20. The fourth-order valence-electron chi connectivity index (χ4n) is 4.49. The average molecular weight is 462 g/mol. The Hall–Kier alpha value is -3.00. The lowest BCUT2D eigenvalue weighted by atomic mass is 9.72. The van der Waals surface area contributed by atoms with E-state index < -0.39 is 40.5 Å². The Morgan fingerprint density at radius 1 is 1.28 bits per heavy atom. The number of halogens is 3. The summed E-state index contributed by atoms with van der Waals surface area (Å²) in [5, 5.41) is 8.62. The van der Waals surface area contributed by atoms with E-state index in [1.54, 1.807) is 13.0 Å². The van der Waals surface area contributed by atoms with Crippen LogP contribution in [0.5, 0.6) is 0 Å². The van der Waals surface area contributed by atoms with Gasteiger partial charge in [0.2, 0.25) is 0 Å². The Balaban J connectivity index is 2.08. The lowest BCUT2D eigenvalue weighted by Crippen LogP contribution is -2.56. The number of benzene rings is 2. The number of anilines is 1. The van der Waals surface area contributed by atoms with Gasteiger partial charge in [0.1, 0.15) is 11.6 Å². The molecule has 1 amide bonds. The number of carbonyl (C=O) groups excluding carboxylic acids is 2. The molecule has 0 saturated carbocycles. The number of amides is 1. The van der Waals surface area contributed by atoms with Crippen molar-refractivity contribution in [2.24, 2.45) is 5.10 Å². The third-order valence-corrected chi connectivity index (χ3v) is 5.89. The summed E-state index contributed by atoms with van der Waals surface area (Å²) in [6, 6.07) is 8.08. The van der Waals surface area contributed by atoms with Crippen LogP contribution in [0.3, 0.4) is 0 Å². The van der Waals surface area contributed by atoms with Gasteiger partial charge in [-0.3, -0.25) is 9.80 Å². The number of ether oxygens (including phenoxy) is 1. The molecule has 2 aromatic carbocycles. The second-order valence-electron chi connectivity index (χ2n) is 8.71. The van der Waals surface area contributed by atoms with Crippen molar-refractivity contribution in [3.63, 3.8) is 0 Å². The summed E-state index contributed by atoms with van der Waals surface area (Å²) in [5.41, 5.74) is -1.61. The highest BCUT2D eigenvalue weighted by atomic mass is 35.5. The van der Waals surface area contributed by atoms with Gasteiger partial charge in [-0.1, -0.05) is 23.7 Å². The Kier molecular flexibility index (Phi) is 5.24. The van der Waals surface area contributed by atoms with Crippen LogP contribution in [0.1, 0.15) is 44.7 Å². The summed E-state index contributed by atoms with van der Waals surface area (Å²) < 4.78 is 34.1. The fraction of sp³-hybridized carbons (Fsp3) is 0.348. The highest BCUT2D eigenvalue weighted by molar-refractivity contribution is 6.41. The van der Waals surface area contributed by atoms with E-state index in [9.17, 15) is 18.4 Å². The molecule has 4 rings (SSSR count). The summed E-state index contributed by atoms with van der Waals surface area (Å²) in [7, 11) is 0. The van der Waals surface area contributed by atoms with Crippen molar-refractivity contribution in [3.8, 4) is 0 Å². The first-order chi connectivity index (χ1) is 15.0. The van der Waals surface area contributed by atoms with Gasteiger partial charge in [-0.25, -0.2) is 13.6 Å². The van der Waals surface area contributed by atoms with Gasteiger partial charge in [0, 0.05) is 11.3 Å². The molecule has 0 bridgehead atoms. The predicted molar refractivity (Wildman–Crippen MR) is 117 cm³/mol. The monoisotopic (exact) mass is 461 g/mol. The second-order valence-corrected chi connectivity index (χ2v) is 9.12. The maximum atomic E-state index is 14.7. The van der Waals surface area contributed by atoms with Crippen LogP contribution in [0.2, 0.25) is 5.02 Å². The number of nitrogens with one attached hydrogen (secondary N) is 1. The molecule has 32 heavy (non-hydrogen) atoms. The van der Waals surface area contributed by atoms with Gasteiger partial charge in [0.15, 0.2) is 11.3 Å². The molecule has 1 spiro atoms. The van der Waals surface area contributed by atoms with Gasteiger partial charge in [-0.05, 0) is 57.5 Å². The SMILES string of the molecule is CCOC(=O)C1=NN(C(C)(C)C)C2(C(=O)Nc3cc(Cl)c(F)cc32)C1c1cccc(F)c1. The van der Waals surface area contributed by atoms with E-state index in [0.29, 0.717) is 11.3 Å². The van der Waals surface area contributed by atoms with Gasteiger partial charge in [-0.2, -0.15) is 5.10 Å². The van der Waals surface area contributed by atoms with E-state index in [1.807, 2.05) is 20.8 Å². The molecule has 0 aliphatic carbocycles. The zero-order valence-corrected chi connectivity index (χ0v) is 18.8. The maximum Gasteiger partial charge on any atom is 0.355 e. The van der Waals surface area contributed by atoms with Crippen LogP contribution in [0.4, 0.5) is 14.5 Å². The van der Waals surface area contributed by atoms with Crippen LogP contribution in [0.25, 0.3) is 0 Å². The van der Waals surface area contributed by atoms with Crippen molar-refractivity contribution in [1.82, 2.24) is 5.01 Å². The molecule has 2 heterocycles. The molecule has 0 aromatic heterocycles. The molecular weight excluding hydrogens is 440 g/mol.